The summed E-state index contributed by atoms with van der Waals surface area (Å²) in [6.45, 7) is 0.598. The molecule has 0 saturated carbocycles. The Morgan fingerprint density at radius 1 is 1.19 bits per heavy atom. The van der Waals surface area contributed by atoms with Crippen LogP contribution in [0.4, 0.5) is 10.1 Å². The van der Waals surface area contributed by atoms with E-state index in [9.17, 15) is 9.50 Å². The number of benzene rings is 2. The van der Waals surface area contributed by atoms with E-state index in [2.05, 4.69) is 5.32 Å². The lowest BCUT2D eigenvalue weighted by atomic mass is 10.2. The molecule has 0 aliphatic carbocycles. The van der Waals surface area contributed by atoms with E-state index in [0.717, 1.165) is 5.69 Å². The molecule has 21 heavy (non-hydrogen) atoms. The first kappa shape index (κ1) is 15.8. The second-order valence-electron chi connectivity index (χ2n) is 4.65. The van der Waals surface area contributed by atoms with Crippen molar-refractivity contribution in [1.29, 1.82) is 0 Å². The van der Waals surface area contributed by atoms with Crippen LogP contribution < -0.4 is 5.32 Å². The van der Waals surface area contributed by atoms with E-state index in [0.29, 0.717) is 17.1 Å². The molecule has 0 aliphatic heterocycles. The molecule has 0 radical (unpaired) electrons. The largest absolute Gasteiger partial charge is 0.389 e. The Hall–Kier alpha value is -1.62. The van der Waals surface area contributed by atoms with E-state index in [-0.39, 0.29) is 19.0 Å². The van der Waals surface area contributed by atoms with Gasteiger partial charge in [0.1, 0.15) is 5.82 Å². The molecule has 0 bridgehead atoms. The monoisotopic (exact) mass is 309 g/mol. The summed E-state index contributed by atoms with van der Waals surface area (Å²) in [5, 5.41) is 13.5. The van der Waals surface area contributed by atoms with Gasteiger partial charge in [0.15, 0.2) is 0 Å². The van der Waals surface area contributed by atoms with Gasteiger partial charge in [0.05, 0.1) is 19.3 Å². The average Bonchev–Trinajstić information content (AvgIpc) is 2.47. The number of nitrogens with one attached hydrogen (secondary N) is 1. The SMILES string of the molecule is OC(CNc1cccc(Cl)c1)COCc1ccccc1F. The zero-order chi connectivity index (χ0) is 15.1. The van der Waals surface area contributed by atoms with Crippen molar-refractivity contribution in [3.8, 4) is 0 Å². The number of anilines is 1. The third kappa shape index (κ3) is 5.34. The van der Waals surface area contributed by atoms with Crippen molar-refractivity contribution in [3.05, 3.63) is 64.9 Å². The van der Waals surface area contributed by atoms with Gasteiger partial charge in [0.25, 0.3) is 0 Å². The number of ether oxygens (including phenoxy) is 1. The Bertz CT molecular complexity index is 580. The molecule has 2 rings (SSSR count). The van der Waals surface area contributed by atoms with Crippen LogP contribution in [0.3, 0.4) is 0 Å². The van der Waals surface area contributed by atoms with Crippen LogP contribution in [-0.2, 0) is 11.3 Å². The highest BCUT2D eigenvalue weighted by Crippen LogP contribution is 2.14. The van der Waals surface area contributed by atoms with Crippen LogP contribution in [0.5, 0.6) is 0 Å². The summed E-state index contributed by atoms with van der Waals surface area (Å²) in [5.41, 5.74) is 1.31. The Morgan fingerprint density at radius 3 is 2.76 bits per heavy atom. The molecule has 0 aliphatic rings. The van der Waals surface area contributed by atoms with Crippen molar-refractivity contribution >= 4 is 17.3 Å². The number of hydrogen-bond donors (Lipinski definition) is 2. The quantitative estimate of drug-likeness (QED) is 0.823. The van der Waals surface area contributed by atoms with Gasteiger partial charge in [-0.25, -0.2) is 4.39 Å². The summed E-state index contributed by atoms with van der Waals surface area (Å²) < 4.78 is 18.7. The molecule has 0 spiro atoms. The molecule has 112 valence electrons. The molecule has 0 heterocycles. The standard InChI is InChI=1S/C16H17ClFNO2/c17-13-5-3-6-14(8-13)19-9-15(20)11-21-10-12-4-1-2-7-16(12)18/h1-8,15,19-20H,9-11H2. The highest BCUT2D eigenvalue weighted by Gasteiger charge is 2.06. The Morgan fingerprint density at radius 2 is 2.00 bits per heavy atom. The van der Waals surface area contributed by atoms with Gasteiger partial charge >= 0.3 is 0 Å². The minimum absolute atomic E-state index is 0.127. The van der Waals surface area contributed by atoms with E-state index < -0.39 is 6.10 Å². The summed E-state index contributed by atoms with van der Waals surface area (Å²) in [6.07, 6.45) is -0.684. The molecule has 0 aromatic heterocycles. The molecule has 5 heteroatoms. The van der Waals surface area contributed by atoms with Gasteiger partial charge in [-0.1, -0.05) is 35.9 Å². The number of hydrogen-bond acceptors (Lipinski definition) is 3. The third-order valence-electron chi connectivity index (χ3n) is 2.89. The smallest absolute Gasteiger partial charge is 0.128 e. The zero-order valence-electron chi connectivity index (χ0n) is 11.4. The lowest BCUT2D eigenvalue weighted by Crippen LogP contribution is -2.24. The molecular formula is C16H17ClFNO2. The molecule has 2 aromatic rings. The van der Waals surface area contributed by atoms with Gasteiger partial charge in [0, 0.05) is 22.8 Å². The topological polar surface area (TPSA) is 41.5 Å². The van der Waals surface area contributed by atoms with E-state index in [4.69, 9.17) is 16.3 Å². The van der Waals surface area contributed by atoms with Gasteiger partial charge in [-0.2, -0.15) is 0 Å². The molecule has 0 saturated heterocycles. The summed E-state index contributed by atoms with van der Waals surface area (Å²) in [4.78, 5) is 0. The molecule has 1 atom stereocenters. The van der Waals surface area contributed by atoms with Crippen molar-refractivity contribution in [1.82, 2.24) is 0 Å². The Balaban J connectivity index is 1.70. The summed E-state index contributed by atoms with van der Waals surface area (Å²) in [7, 11) is 0. The van der Waals surface area contributed by atoms with Crippen molar-refractivity contribution < 1.29 is 14.2 Å². The summed E-state index contributed by atoms with van der Waals surface area (Å²) >= 11 is 5.86. The van der Waals surface area contributed by atoms with Crippen molar-refractivity contribution in [3.63, 3.8) is 0 Å². The number of halogens is 2. The lowest BCUT2D eigenvalue weighted by molar-refractivity contribution is 0.0338. The fourth-order valence-electron chi connectivity index (χ4n) is 1.81. The van der Waals surface area contributed by atoms with Crippen LogP contribution in [0.2, 0.25) is 5.02 Å². The molecule has 2 aromatic carbocycles. The number of aliphatic hydroxyl groups is 1. The van der Waals surface area contributed by atoms with E-state index in [1.165, 1.54) is 6.07 Å². The van der Waals surface area contributed by atoms with Gasteiger partial charge in [-0.15, -0.1) is 0 Å². The molecule has 1 unspecified atom stereocenters. The molecule has 0 amide bonds. The minimum Gasteiger partial charge on any atom is -0.389 e. The minimum atomic E-state index is -0.684. The second-order valence-corrected chi connectivity index (χ2v) is 5.09. The Labute approximate surface area is 128 Å². The maximum atomic E-state index is 13.4. The maximum Gasteiger partial charge on any atom is 0.128 e. The van der Waals surface area contributed by atoms with Crippen molar-refractivity contribution in [2.24, 2.45) is 0 Å². The predicted molar refractivity (Wildman–Crippen MR) is 82.0 cm³/mol. The molecule has 3 nitrogen and oxygen atoms in total. The molecule has 2 N–H and O–H groups in total. The normalized spacial score (nSPS) is 12.1. The maximum absolute atomic E-state index is 13.4. The second kappa shape index (κ2) is 7.98. The van der Waals surface area contributed by atoms with Crippen LogP contribution >= 0.6 is 11.6 Å². The van der Waals surface area contributed by atoms with Crippen molar-refractivity contribution in [2.45, 2.75) is 12.7 Å². The summed E-state index contributed by atoms with van der Waals surface area (Å²) in [5.74, 6) is -0.302. The zero-order valence-corrected chi connectivity index (χ0v) is 12.2. The highest BCUT2D eigenvalue weighted by atomic mass is 35.5. The first-order valence-corrected chi connectivity index (χ1v) is 7.01. The fourth-order valence-corrected chi connectivity index (χ4v) is 2.00. The van der Waals surface area contributed by atoms with Crippen LogP contribution in [-0.4, -0.2) is 24.4 Å². The van der Waals surface area contributed by atoms with E-state index in [1.807, 2.05) is 12.1 Å². The summed E-state index contributed by atoms with van der Waals surface area (Å²) in [6, 6.07) is 13.7. The van der Waals surface area contributed by atoms with E-state index in [1.54, 1.807) is 30.3 Å². The van der Waals surface area contributed by atoms with E-state index >= 15 is 0 Å². The number of aliphatic hydroxyl groups excluding tert-OH is 1. The van der Waals surface area contributed by atoms with Gasteiger partial charge in [-0.3, -0.25) is 0 Å². The first-order valence-electron chi connectivity index (χ1n) is 6.64. The van der Waals surface area contributed by atoms with Crippen molar-refractivity contribution in [2.75, 3.05) is 18.5 Å². The van der Waals surface area contributed by atoms with Crippen LogP contribution in [0.15, 0.2) is 48.5 Å². The Kier molecular flexibility index (Phi) is 5.99. The molecule has 0 fully saturated rings. The van der Waals surface area contributed by atoms with Gasteiger partial charge < -0.3 is 15.2 Å². The fraction of sp³-hybridized carbons (Fsp3) is 0.250. The van der Waals surface area contributed by atoms with Crippen LogP contribution in [0.1, 0.15) is 5.56 Å². The average molecular weight is 310 g/mol. The highest BCUT2D eigenvalue weighted by molar-refractivity contribution is 6.30. The third-order valence-corrected chi connectivity index (χ3v) is 3.13. The number of rotatable bonds is 7. The first-order chi connectivity index (χ1) is 10.1. The van der Waals surface area contributed by atoms with Crippen LogP contribution in [0, 0.1) is 5.82 Å². The van der Waals surface area contributed by atoms with Crippen LogP contribution in [0.25, 0.3) is 0 Å². The predicted octanol–water partition coefficient (Wildman–Crippen LogP) is 3.47. The van der Waals surface area contributed by atoms with Gasteiger partial charge in [-0.05, 0) is 24.3 Å². The molecular weight excluding hydrogens is 293 g/mol. The lowest BCUT2D eigenvalue weighted by Gasteiger charge is -2.13. The van der Waals surface area contributed by atoms with Gasteiger partial charge in [0.2, 0.25) is 0 Å².